The number of ether oxygens (including phenoxy) is 1. The third kappa shape index (κ3) is 4.62. The van der Waals surface area contributed by atoms with Crippen molar-refractivity contribution in [1.82, 2.24) is 4.90 Å². The molecule has 1 amide bonds. The first-order chi connectivity index (χ1) is 7.86. The lowest BCUT2D eigenvalue weighted by molar-refractivity contribution is -0.186. The molecule has 108 valence electrons. The summed E-state index contributed by atoms with van der Waals surface area (Å²) in [5.41, 5.74) is 5.54. The standard InChI is InChI=1S/C10H17F3N2O2.ClH/c1-17-6-8(14)9(16)15-4-2-7(3-5-15)10(11,12)13;/h7-8H,2-6,14H2,1H3;1H. The van der Waals surface area contributed by atoms with Gasteiger partial charge in [0.15, 0.2) is 0 Å². The molecule has 0 aromatic heterocycles. The molecule has 1 aliphatic heterocycles. The Balaban J connectivity index is 0.00000289. The van der Waals surface area contributed by atoms with Crippen molar-refractivity contribution in [2.75, 3.05) is 26.8 Å². The summed E-state index contributed by atoms with van der Waals surface area (Å²) < 4.78 is 41.9. The van der Waals surface area contributed by atoms with E-state index in [1.54, 1.807) is 0 Å². The number of hydrogen-bond donors (Lipinski definition) is 1. The SMILES string of the molecule is COCC(N)C(=O)N1CCC(C(F)(F)F)CC1.Cl. The molecular weight excluding hydrogens is 273 g/mol. The van der Waals surface area contributed by atoms with E-state index in [2.05, 4.69) is 0 Å². The van der Waals surface area contributed by atoms with E-state index >= 15 is 0 Å². The van der Waals surface area contributed by atoms with Gasteiger partial charge < -0.3 is 15.4 Å². The number of halogens is 4. The van der Waals surface area contributed by atoms with Gasteiger partial charge in [0.25, 0.3) is 0 Å². The maximum absolute atomic E-state index is 12.4. The number of carbonyl (C=O) groups excluding carboxylic acids is 1. The second kappa shape index (κ2) is 7.16. The molecule has 1 fully saturated rings. The van der Waals surface area contributed by atoms with E-state index in [1.807, 2.05) is 0 Å². The summed E-state index contributed by atoms with van der Waals surface area (Å²) >= 11 is 0. The lowest BCUT2D eigenvalue weighted by Gasteiger charge is -2.34. The molecule has 4 nitrogen and oxygen atoms in total. The second-order valence-corrected chi connectivity index (χ2v) is 4.20. The topological polar surface area (TPSA) is 55.6 Å². The van der Waals surface area contributed by atoms with Gasteiger partial charge in [-0.2, -0.15) is 13.2 Å². The Labute approximate surface area is 110 Å². The smallest absolute Gasteiger partial charge is 0.383 e. The Kier molecular flexibility index (Phi) is 6.94. The van der Waals surface area contributed by atoms with E-state index in [4.69, 9.17) is 10.5 Å². The summed E-state index contributed by atoms with van der Waals surface area (Å²) in [5, 5.41) is 0. The molecule has 2 N–H and O–H groups in total. The van der Waals surface area contributed by atoms with Crippen LogP contribution in [0, 0.1) is 5.92 Å². The minimum absolute atomic E-state index is 0. The molecule has 1 unspecified atom stereocenters. The maximum Gasteiger partial charge on any atom is 0.391 e. The highest BCUT2D eigenvalue weighted by Gasteiger charge is 2.42. The van der Waals surface area contributed by atoms with Crippen LogP contribution in [-0.4, -0.2) is 49.8 Å². The summed E-state index contributed by atoms with van der Waals surface area (Å²) in [6.07, 6.45) is -4.26. The molecule has 0 aromatic carbocycles. The first-order valence-electron chi connectivity index (χ1n) is 5.46. The Bertz CT molecular complexity index is 268. The molecule has 0 radical (unpaired) electrons. The highest BCUT2D eigenvalue weighted by atomic mass is 35.5. The van der Waals surface area contributed by atoms with Gasteiger partial charge in [0.1, 0.15) is 6.04 Å². The first kappa shape index (κ1) is 17.5. The fourth-order valence-electron chi connectivity index (χ4n) is 1.91. The molecule has 0 aromatic rings. The molecule has 0 aliphatic carbocycles. The van der Waals surface area contributed by atoms with Crippen LogP contribution in [-0.2, 0) is 9.53 Å². The van der Waals surface area contributed by atoms with Gasteiger partial charge >= 0.3 is 6.18 Å². The lowest BCUT2D eigenvalue weighted by Crippen LogP contribution is -2.50. The maximum atomic E-state index is 12.4. The quantitative estimate of drug-likeness (QED) is 0.849. The van der Waals surface area contributed by atoms with Gasteiger partial charge in [-0.3, -0.25) is 4.79 Å². The number of alkyl halides is 3. The van der Waals surface area contributed by atoms with Crippen molar-refractivity contribution in [2.24, 2.45) is 11.7 Å². The molecule has 1 rings (SSSR count). The predicted molar refractivity (Wildman–Crippen MR) is 62.5 cm³/mol. The van der Waals surface area contributed by atoms with Gasteiger partial charge in [-0.15, -0.1) is 12.4 Å². The zero-order valence-corrected chi connectivity index (χ0v) is 10.9. The normalized spacial score (nSPS) is 19.3. The number of rotatable bonds is 3. The highest BCUT2D eigenvalue weighted by molar-refractivity contribution is 5.85. The minimum atomic E-state index is -4.16. The first-order valence-corrected chi connectivity index (χ1v) is 5.46. The molecule has 0 saturated carbocycles. The van der Waals surface area contributed by atoms with Crippen LogP contribution >= 0.6 is 12.4 Å². The van der Waals surface area contributed by atoms with Crippen LogP contribution in [0.3, 0.4) is 0 Å². The number of carbonyl (C=O) groups is 1. The summed E-state index contributed by atoms with van der Waals surface area (Å²) in [6.45, 7) is 0.304. The Hall–Kier alpha value is -0.530. The summed E-state index contributed by atoms with van der Waals surface area (Å²) in [4.78, 5) is 13.1. The number of amides is 1. The van der Waals surface area contributed by atoms with E-state index in [9.17, 15) is 18.0 Å². The van der Waals surface area contributed by atoms with E-state index in [1.165, 1.54) is 12.0 Å². The Morgan fingerprint density at radius 3 is 2.33 bits per heavy atom. The fraction of sp³-hybridized carbons (Fsp3) is 0.900. The molecule has 0 spiro atoms. The molecule has 18 heavy (non-hydrogen) atoms. The lowest BCUT2D eigenvalue weighted by atomic mass is 9.96. The molecule has 1 saturated heterocycles. The monoisotopic (exact) mass is 290 g/mol. The van der Waals surface area contributed by atoms with E-state index in [0.29, 0.717) is 0 Å². The average molecular weight is 291 g/mol. The molecule has 0 bridgehead atoms. The number of nitrogens with two attached hydrogens (primary N) is 1. The van der Waals surface area contributed by atoms with Crippen molar-refractivity contribution in [3.63, 3.8) is 0 Å². The average Bonchev–Trinajstić information content (AvgIpc) is 2.27. The van der Waals surface area contributed by atoms with Crippen LogP contribution in [0.4, 0.5) is 13.2 Å². The summed E-state index contributed by atoms with van der Waals surface area (Å²) in [6, 6.07) is -0.789. The number of likely N-dealkylation sites (tertiary alicyclic amines) is 1. The largest absolute Gasteiger partial charge is 0.391 e. The van der Waals surface area contributed by atoms with Crippen LogP contribution in [0.5, 0.6) is 0 Å². The van der Waals surface area contributed by atoms with Crippen LogP contribution in [0.25, 0.3) is 0 Å². The minimum Gasteiger partial charge on any atom is -0.383 e. The van der Waals surface area contributed by atoms with Crippen molar-refractivity contribution >= 4 is 18.3 Å². The second-order valence-electron chi connectivity index (χ2n) is 4.20. The molecule has 1 aliphatic rings. The van der Waals surface area contributed by atoms with Gasteiger partial charge in [-0.25, -0.2) is 0 Å². The van der Waals surface area contributed by atoms with Crippen LogP contribution < -0.4 is 5.73 Å². The molecule has 1 atom stereocenters. The highest BCUT2D eigenvalue weighted by Crippen LogP contribution is 2.34. The van der Waals surface area contributed by atoms with Gasteiger partial charge in [0.2, 0.25) is 5.91 Å². The van der Waals surface area contributed by atoms with E-state index < -0.39 is 18.1 Å². The van der Waals surface area contributed by atoms with Crippen molar-refractivity contribution in [2.45, 2.75) is 25.1 Å². The zero-order valence-electron chi connectivity index (χ0n) is 10.1. The Morgan fingerprint density at radius 2 is 1.94 bits per heavy atom. The van der Waals surface area contributed by atoms with Crippen molar-refractivity contribution < 1.29 is 22.7 Å². The van der Waals surface area contributed by atoms with Crippen molar-refractivity contribution in [3.8, 4) is 0 Å². The number of hydrogen-bond acceptors (Lipinski definition) is 3. The van der Waals surface area contributed by atoms with Crippen LogP contribution in [0.1, 0.15) is 12.8 Å². The van der Waals surface area contributed by atoms with Gasteiger partial charge in [0, 0.05) is 20.2 Å². The predicted octanol–water partition coefficient (Wildman–Crippen LogP) is 1.18. The van der Waals surface area contributed by atoms with Crippen molar-refractivity contribution in [3.05, 3.63) is 0 Å². The van der Waals surface area contributed by atoms with Gasteiger partial charge in [-0.05, 0) is 12.8 Å². The van der Waals surface area contributed by atoms with Crippen LogP contribution in [0.2, 0.25) is 0 Å². The van der Waals surface area contributed by atoms with Gasteiger partial charge in [-0.1, -0.05) is 0 Å². The molecule has 8 heteroatoms. The Morgan fingerprint density at radius 1 is 1.44 bits per heavy atom. The third-order valence-electron chi connectivity index (χ3n) is 2.93. The van der Waals surface area contributed by atoms with Crippen LogP contribution in [0.15, 0.2) is 0 Å². The fourth-order valence-corrected chi connectivity index (χ4v) is 1.91. The van der Waals surface area contributed by atoms with E-state index in [-0.39, 0.29) is 50.9 Å². The van der Waals surface area contributed by atoms with E-state index in [0.717, 1.165) is 0 Å². The third-order valence-corrected chi connectivity index (χ3v) is 2.93. The molecular formula is C10H18ClF3N2O2. The zero-order chi connectivity index (χ0) is 13.1. The van der Waals surface area contributed by atoms with Crippen molar-refractivity contribution in [1.29, 1.82) is 0 Å². The number of piperidine rings is 1. The number of nitrogens with zero attached hydrogens (tertiary/aromatic N) is 1. The number of methoxy groups -OCH3 is 1. The summed E-state index contributed by atoms with van der Waals surface area (Å²) in [7, 11) is 1.42. The summed E-state index contributed by atoms with van der Waals surface area (Å²) in [5.74, 6) is -1.64. The molecule has 1 heterocycles. The van der Waals surface area contributed by atoms with Gasteiger partial charge in [0.05, 0.1) is 12.5 Å².